The van der Waals surface area contributed by atoms with Gasteiger partial charge in [0.05, 0.1) is 24.8 Å². The van der Waals surface area contributed by atoms with Crippen molar-refractivity contribution in [2.75, 3.05) is 26.8 Å². The Bertz CT molecular complexity index is 1240. The van der Waals surface area contributed by atoms with Gasteiger partial charge in [-0.1, -0.05) is 13.0 Å². The summed E-state index contributed by atoms with van der Waals surface area (Å²) in [5.74, 6) is -2.07. The largest absolute Gasteiger partial charge is 0.497 e. The third-order valence-corrected chi connectivity index (χ3v) is 8.11. The number of methoxy groups -OCH3 is 1. The van der Waals surface area contributed by atoms with Crippen LogP contribution in [0.5, 0.6) is 5.75 Å². The number of carbonyl (C=O) groups excluding carboxylic acids is 1. The minimum absolute atomic E-state index is 0.0572. The number of halogens is 4. The predicted molar refractivity (Wildman–Crippen MR) is 139 cm³/mol. The number of likely N-dealkylation sites (tertiary alicyclic amines) is 1. The average Bonchev–Trinajstić information content (AvgIpc) is 2.91. The van der Waals surface area contributed by atoms with E-state index < -0.39 is 29.1 Å². The van der Waals surface area contributed by atoms with E-state index in [0.717, 1.165) is 37.2 Å². The van der Waals surface area contributed by atoms with E-state index in [1.165, 1.54) is 25.3 Å². The van der Waals surface area contributed by atoms with Gasteiger partial charge in [0.25, 0.3) is 5.91 Å². The lowest BCUT2D eigenvalue weighted by atomic mass is 9.80. The van der Waals surface area contributed by atoms with Crippen LogP contribution in [0.25, 0.3) is 0 Å². The minimum atomic E-state index is -4.53. The fourth-order valence-corrected chi connectivity index (χ4v) is 5.70. The van der Waals surface area contributed by atoms with Crippen LogP contribution in [-0.2, 0) is 22.3 Å². The number of piperidine rings is 1. The van der Waals surface area contributed by atoms with Crippen LogP contribution in [0.15, 0.2) is 36.4 Å². The lowest BCUT2D eigenvalue weighted by Gasteiger charge is -2.45. The van der Waals surface area contributed by atoms with E-state index in [9.17, 15) is 32.3 Å². The van der Waals surface area contributed by atoms with E-state index >= 15 is 0 Å². The highest BCUT2D eigenvalue weighted by atomic mass is 19.4. The summed E-state index contributed by atoms with van der Waals surface area (Å²) in [4.78, 5) is 26.7. The number of ether oxygens (including phenoxy) is 2. The molecule has 1 unspecified atom stereocenters. The topological polar surface area (TPSA) is 88.1 Å². The van der Waals surface area contributed by atoms with Gasteiger partial charge in [-0.2, -0.15) is 13.2 Å². The Morgan fingerprint density at radius 1 is 1.20 bits per heavy atom. The first-order chi connectivity index (χ1) is 18.8. The van der Waals surface area contributed by atoms with Crippen molar-refractivity contribution in [3.05, 3.63) is 64.5 Å². The van der Waals surface area contributed by atoms with Gasteiger partial charge in [-0.25, -0.2) is 9.18 Å². The summed E-state index contributed by atoms with van der Waals surface area (Å²) in [6.07, 6.45) is -2.60. The van der Waals surface area contributed by atoms with Crippen molar-refractivity contribution in [3.63, 3.8) is 0 Å². The number of nitrogens with zero attached hydrogens (tertiary/aromatic N) is 1. The van der Waals surface area contributed by atoms with Crippen molar-refractivity contribution in [2.45, 2.75) is 63.4 Å². The van der Waals surface area contributed by atoms with Crippen LogP contribution in [0.1, 0.15) is 66.1 Å². The van der Waals surface area contributed by atoms with E-state index in [4.69, 9.17) is 9.47 Å². The number of nitrogens with one attached hydrogen (secondary N) is 1. The number of aromatic carboxylic acids is 1. The number of hydrogen-bond acceptors (Lipinski definition) is 5. The fraction of sp³-hybridized carbons (Fsp3) is 0.517. The smallest absolute Gasteiger partial charge is 0.416 e. The Balaban J connectivity index is 1.32. The molecule has 2 fully saturated rings. The number of carboxylic acid groups (broad SMARTS) is 1. The zero-order valence-electron chi connectivity index (χ0n) is 22.7. The van der Waals surface area contributed by atoms with Gasteiger partial charge in [0.15, 0.2) is 0 Å². The molecular formula is C29H34F4N2O5. The lowest BCUT2D eigenvalue weighted by Crippen LogP contribution is -2.55. The molecule has 0 radical (unpaired) electrons. The second kappa shape index (κ2) is 11.7. The molecule has 0 aliphatic carbocycles. The van der Waals surface area contributed by atoms with Crippen LogP contribution in [0, 0.1) is 11.7 Å². The Morgan fingerprint density at radius 3 is 2.55 bits per heavy atom. The molecule has 2 aromatic rings. The van der Waals surface area contributed by atoms with Gasteiger partial charge in [-0.15, -0.1) is 0 Å². The summed E-state index contributed by atoms with van der Waals surface area (Å²) in [5, 5.41) is 12.0. The van der Waals surface area contributed by atoms with Crippen molar-refractivity contribution >= 4 is 11.9 Å². The van der Waals surface area contributed by atoms with E-state index in [1.54, 1.807) is 13.0 Å². The maximum atomic E-state index is 13.9. The highest BCUT2D eigenvalue weighted by Gasteiger charge is 2.41. The highest BCUT2D eigenvalue weighted by Crippen LogP contribution is 2.37. The molecular weight excluding hydrogens is 532 g/mol. The predicted octanol–water partition coefficient (Wildman–Crippen LogP) is 5.23. The lowest BCUT2D eigenvalue weighted by molar-refractivity contribution is -0.157. The van der Waals surface area contributed by atoms with Crippen LogP contribution >= 0.6 is 0 Å². The van der Waals surface area contributed by atoms with Gasteiger partial charge in [-0.3, -0.25) is 9.69 Å². The molecule has 2 aliphatic heterocycles. The van der Waals surface area contributed by atoms with Crippen LogP contribution in [-0.4, -0.2) is 60.3 Å². The second-order valence-electron chi connectivity index (χ2n) is 10.9. The quantitative estimate of drug-likeness (QED) is 0.447. The molecule has 4 atom stereocenters. The SMILES string of the molecule is COc1cc(CNC(=O)[C@@]2(C)CCC(N3CC[C@H](c4ccc(F)c(C(=O)O)c4)[C@@H](C)C3)CO2)cc(C(F)(F)F)c1. The summed E-state index contributed by atoms with van der Waals surface area (Å²) in [6, 6.07) is 7.74. The second-order valence-corrected chi connectivity index (χ2v) is 10.9. The van der Waals surface area contributed by atoms with E-state index in [1.807, 2.05) is 0 Å². The first-order valence-electron chi connectivity index (χ1n) is 13.2. The van der Waals surface area contributed by atoms with E-state index in [0.29, 0.717) is 19.4 Å². The van der Waals surface area contributed by atoms with Crippen LogP contribution in [0.2, 0.25) is 0 Å². The standard InChI is InChI=1S/C29H34F4N2O5/c1-17-15-35(9-7-23(17)19-4-5-25(30)24(12-19)26(36)37)21-6-8-28(2,40-16-21)27(38)34-14-18-10-20(29(31,32)33)13-22(11-18)39-3/h4-5,10-13,17,21,23H,6-9,14-16H2,1-3H3,(H,34,38)(H,36,37)/t17-,21?,23-,28+/m0/s1. The Kier molecular flexibility index (Phi) is 8.75. The summed E-state index contributed by atoms with van der Waals surface area (Å²) < 4.78 is 64.5. The average molecular weight is 567 g/mol. The molecule has 0 spiro atoms. The van der Waals surface area contributed by atoms with Crippen molar-refractivity contribution in [1.82, 2.24) is 10.2 Å². The summed E-state index contributed by atoms with van der Waals surface area (Å²) in [5.41, 5.74) is -1.19. The molecule has 2 aliphatic rings. The molecule has 11 heteroatoms. The Morgan fingerprint density at radius 2 is 1.95 bits per heavy atom. The molecule has 40 heavy (non-hydrogen) atoms. The van der Waals surface area contributed by atoms with Crippen LogP contribution in [0.3, 0.4) is 0 Å². The van der Waals surface area contributed by atoms with Crippen molar-refractivity contribution in [1.29, 1.82) is 0 Å². The number of benzene rings is 2. The number of carbonyl (C=O) groups is 2. The molecule has 7 nitrogen and oxygen atoms in total. The summed E-state index contributed by atoms with van der Waals surface area (Å²) in [7, 11) is 1.28. The van der Waals surface area contributed by atoms with Crippen LogP contribution < -0.4 is 10.1 Å². The molecule has 4 rings (SSSR count). The third-order valence-electron chi connectivity index (χ3n) is 8.11. The molecule has 2 aromatic carbocycles. The van der Waals surface area contributed by atoms with Gasteiger partial charge in [0.2, 0.25) is 0 Å². The molecule has 0 aromatic heterocycles. The zero-order chi connectivity index (χ0) is 29.2. The highest BCUT2D eigenvalue weighted by molar-refractivity contribution is 5.88. The number of rotatable bonds is 7. The molecule has 1 amide bonds. The normalized spacial score (nSPS) is 25.8. The van der Waals surface area contributed by atoms with Gasteiger partial charge in [0.1, 0.15) is 17.2 Å². The van der Waals surface area contributed by atoms with Crippen molar-refractivity contribution in [2.24, 2.45) is 5.92 Å². The maximum Gasteiger partial charge on any atom is 0.416 e. The van der Waals surface area contributed by atoms with Crippen molar-refractivity contribution in [3.8, 4) is 5.75 Å². The van der Waals surface area contributed by atoms with Crippen molar-refractivity contribution < 1.29 is 41.7 Å². The summed E-state index contributed by atoms with van der Waals surface area (Å²) >= 11 is 0. The van der Waals surface area contributed by atoms with Crippen LogP contribution in [0.4, 0.5) is 17.6 Å². The minimum Gasteiger partial charge on any atom is -0.497 e. The van der Waals surface area contributed by atoms with Gasteiger partial charge < -0.3 is 19.9 Å². The Hall–Kier alpha value is -3.18. The Labute approximate surface area is 230 Å². The molecule has 2 N–H and O–H groups in total. The number of hydrogen-bond donors (Lipinski definition) is 2. The van der Waals surface area contributed by atoms with Gasteiger partial charge >= 0.3 is 12.1 Å². The third kappa shape index (κ3) is 6.58. The molecule has 0 bridgehead atoms. The number of carboxylic acids is 1. The molecule has 218 valence electrons. The molecule has 0 saturated carbocycles. The zero-order valence-corrected chi connectivity index (χ0v) is 22.7. The molecule has 2 heterocycles. The van der Waals surface area contributed by atoms with Gasteiger partial charge in [-0.05, 0) is 86.0 Å². The van der Waals surface area contributed by atoms with Gasteiger partial charge in [0, 0.05) is 19.1 Å². The van der Waals surface area contributed by atoms with E-state index in [-0.39, 0.29) is 47.2 Å². The fourth-order valence-electron chi connectivity index (χ4n) is 5.70. The molecule has 2 saturated heterocycles. The first-order valence-corrected chi connectivity index (χ1v) is 13.2. The number of amides is 1. The first kappa shape index (κ1) is 29.8. The summed E-state index contributed by atoms with van der Waals surface area (Å²) in [6.45, 7) is 5.51. The van der Waals surface area contributed by atoms with E-state index in [2.05, 4.69) is 17.1 Å². The maximum absolute atomic E-state index is 13.9. The monoisotopic (exact) mass is 566 g/mol. The number of alkyl halides is 3.